The van der Waals surface area contributed by atoms with Crippen LogP contribution < -0.4 is 0 Å². The van der Waals surface area contributed by atoms with Crippen LogP contribution in [0.5, 0.6) is 0 Å². The molecule has 0 N–H and O–H groups in total. The first-order valence-corrected chi connectivity index (χ1v) is 11.6. The van der Waals surface area contributed by atoms with Crippen LogP contribution in [-0.4, -0.2) is 14.7 Å². The van der Waals surface area contributed by atoms with Gasteiger partial charge in [-0.25, -0.2) is 0 Å². The Labute approximate surface area is 158 Å². The van der Waals surface area contributed by atoms with E-state index < -0.39 is 8.56 Å². The number of hydrogen-bond acceptors (Lipinski definition) is 2. The first-order valence-electron chi connectivity index (χ1n) is 9.61. The summed E-state index contributed by atoms with van der Waals surface area (Å²) in [6, 6.07) is 15.1. The van der Waals surface area contributed by atoms with Crippen molar-refractivity contribution >= 4 is 19.3 Å². The molecule has 1 heterocycles. The minimum absolute atomic E-state index is 0.0121. The standard InChI is InChI=1S/C23H30O2Si/c1-6-9-22-14-15-23(25-26(24-22,17(2)3)18(4)5)21-13-12-19-10-7-8-11-20(19)16-21/h6-18,22-23H,1-5H3/b9-6+/t22-,23-/m1/s1. The molecule has 0 unspecified atom stereocenters. The zero-order chi connectivity index (χ0) is 18.7. The van der Waals surface area contributed by atoms with Gasteiger partial charge in [0.15, 0.2) is 0 Å². The van der Waals surface area contributed by atoms with Gasteiger partial charge in [0, 0.05) is 0 Å². The molecule has 0 aliphatic carbocycles. The molecule has 3 heteroatoms. The second kappa shape index (κ2) is 7.91. The molecule has 0 bridgehead atoms. The topological polar surface area (TPSA) is 18.5 Å². The minimum Gasteiger partial charge on any atom is -0.384 e. The number of benzene rings is 2. The first kappa shape index (κ1) is 19.1. The Hall–Kier alpha value is -1.68. The Bertz CT molecular complexity index is 799. The summed E-state index contributed by atoms with van der Waals surface area (Å²) < 4.78 is 13.5. The lowest BCUT2D eigenvalue weighted by Gasteiger charge is -2.39. The van der Waals surface area contributed by atoms with Crippen molar-refractivity contribution < 1.29 is 8.85 Å². The highest BCUT2D eigenvalue weighted by molar-refractivity contribution is 6.70. The molecule has 1 aliphatic heterocycles. The number of rotatable bonds is 4. The molecular weight excluding hydrogens is 336 g/mol. The van der Waals surface area contributed by atoms with E-state index in [1.807, 2.05) is 6.92 Å². The zero-order valence-corrected chi connectivity index (χ0v) is 17.5. The third-order valence-corrected chi connectivity index (χ3v) is 9.68. The van der Waals surface area contributed by atoms with Gasteiger partial charge in [0.05, 0.1) is 12.2 Å². The van der Waals surface area contributed by atoms with E-state index in [0.29, 0.717) is 11.1 Å². The predicted molar refractivity (Wildman–Crippen MR) is 113 cm³/mol. The summed E-state index contributed by atoms with van der Waals surface area (Å²) in [5.41, 5.74) is 1.94. The maximum atomic E-state index is 6.83. The molecule has 2 aromatic carbocycles. The van der Waals surface area contributed by atoms with E-state index in [9.17, 15) is 0 Å². The summed E-state index contributed by atoms with van der Waals surface area (Å²) in [5, 5.41) is 2.51. The summed E-state index contributed by atoms with van der Waals surface area (Å²) in [6.07, 6.45) is 8.43. The summed E-state index contributed by atoms with van der Waals surface area (Å²) in [7, 11) is -2.42. The molecule has 0 saturated carbocycles. The summed E-state index contributed by atoms with van der Waals surface area (Å²) in [4.78, 5) is 0. The highest BCUT2D eigenvalue weighted by atomic mass is 28.4. The minimum atomic E-state index is -2.42. The third kappa shape index (κ3) is 3.71. The van der Waals surface area contributed by atoms with E-state index in [-0.39, 0.29) is 12.2 Å². The fourth-order valence-corrected chi connectivity index (χ4v) is 7.47. The molecule has 0 radical (unpaired) electrons. The fourth-order valence-electron chi connectivity index (χ4n) is 3.80. The average Bonchev–Trinajstić information content (AvgIpc) is 2.83. The fraction of sp³-hybridized carbons (Fsp3) is 0.391. The Balaban J connectivity index is 2.04. The van der Waals surface area contributed by atoms with Crippen LogP contribution in [0.2, 0.25) is 11.1 Å². The van der Waals surface area contributed by atoms with Crippen molar-refractivity contribution in [3.05, 3.63) is 72.3 Å². The molecule has 0 saturated heterocycles. The Morgan fingerprint density at radius 1 is 0.885 bits per heavy atom. The lowest BCUT2D eigenvalue weighted by atomic mass is 10.0. The number of allylic oxidation sites excluding steroid dienone is 1. The van der Waals surface area contributed by atoms with E-state index in [4.69, 9.17) is 8.85 Å². The van der Waals surface area contributed by atoms with Crippen molar-refractivity contribution in [1.82, 2.24) is 0 Å². The van der Waals surface area contributed by atoms with Crippen molar-refractivity contribution in [2.24, 2.45) is 0 Å². The summed E-state index contributed by atoms with van der Waals surface area (Å²) >= 11 is 0. The molecule has 2 atom stereocenters. The van der Waals surface area contributed by atoms with Gasteiger partial charge in [-0.3, -0.25) is 0 Å². The number of fused-ring (bicyclic) bond motifs is 1. The predicted octanol–water partition coefficient (Wildman–Crippen LogP) is 6.69. The molecule has 26 heavy (non-hydrogen) atoms. The van der Waals surface area contributed by atoms with Crippen LogP contribution in [0.25, 0.3) is 10.8 Å². The van der Waals surface area contributed by atoms with Crippen molar-refractivity contribution in [3.63, 3.8) is 0 Å². The van der Waals surface area contributed by atoms with Crippen LogP contribution in [0.4, 0.5) is 0 Å². The SMILES string of the molecule is C/C=C/[C@@H]1C=C[C@H](c2ccc3ccccc3c2)O[Si](C(C)C)(C(C)C)O1. The Kier molecular flexibility index (Phi) is 5.81. The number of hydrogen-bond donors (Lipinski definition) is 0. The molecule has 0 spiro atoms. The van der Waals surface area contributed by atoms with E-state index >= 15 is 0 Å². The first-order chi connectivity index (χ1) is 12.5. The monoisotopic (exact) mass is 366 g/mol. The van der Waals surface area contributed by atoms with E-state index in [1.165, 1.54) is 16.3 Å². The zero-order valence-electron chi connectivity index (χ0n) is 16.5. The van der Waals surface area contributed by atoms with Crippen LogP contribution >= 0.6 is 0 Å². The van der Waals surface area contributed by atoms with Crippen LogP contribution in [0, 0.1) is 0 Å². The quantitative estimate of drug-likeness (QED) is 0.443. The van der Waals surface area contributed by atoms with Gasteiger partial charge in [0.25, 0.3) is 0 Å². The molecule has 0 aromatic heterocycles. The second-order valence-electron chi connectivity index (χ2n) is 7.67. The Morgan fingerprint density at radius 3 is 2.23 bits per heavy atom. The molecule has 2 aromatic rings. The average molecular weight is 367 g/mol. The van der Waals surface area contributed by atoms with E-state index in [0.717, 1.165) is 0 Å². The molecule has 0 fully saturated rings. The normalized spacial score (nSPS) is 23.2. The molecule has 138 valence electrons. The van der Waals surface area contributed by atoms with Crippen molar-refractivity contribution in [1.29, 1.82) is 0 Å². The lowest BCUT2D eigenvalue weighted by Crippen LogP contribution is -2.49. The van der Waals surface area contributed by atoms with Gasteiger partial charge in [-0.2, -0.15) is 0 Å². The van der Waals surface area contributed by atoms with Crippen LogP contribution in [-0.2, 0) is 8.85 Å². The van der Waals surface area contributed by atoms with Gasteiger partial charge in [0.2, 0.25) is 0 Å². The van der Waals surface area contributed by atoms with Crippen molar-refractivity contribution in [3.8, 4) is 0 Å². The van der Waals surface area contributed by atoms with Crippen molar-refractivity contribution in [2.75, 3.05) is 0 Å². The highest BCUT2D eigenvalue weighted by Crippen LogP contribution is 2.42. The molecule has 3 rings (SSSR count). The van der Waals surface area contributed by atoms with E-state index in [2.05, 4.69) is 94.5 Å². The van der Waals surface area contributed by atoms with Gasteiger partial charge in [-0.1, -0.05) is 88.4 Å². The lowest BCUT2D eigenvalue weighted by molar-refractivity contribution is 0.126. The van der Waals surface area contributed by atoms with Crippen LogP contribution in [0.3, 0.4) is 0 Å². The molecule has 1 aliphatic rings. The van der Waals surface area contributed by atoms with Gasteiger partial charge < -0.3 is 8.85 Å². The molecule has 0 amide bonds. The van der Waals surface area contributed by atoms with Gasteiger partial charge in [-0.15, -0.1) is 0 Å². The van der Waals surface area contributed by atoms with Crippen LogP contribution in [0.1, 0.15) is 46.3 Å². The Morgan fingerprint density at radius 2 is 1.58 bits per heavy atom. The van der Waals surface area contributed by atoms with E-state index in [1.54, 1.807) is 0 Å². The third-order valence-electron chi connectivity index (χ3n) is 5.20. The maximum absolute atomic E-state index is 6.83. The van der Waals surface area contributed by atoms with Crippen molar-refractivity contribution in [2.45, 2.75) is 57.9 Å². The van der Waals surface area contributed by atoms with Crippen LogP contribution in [0.15, 0.2) is 66.8 Å². The highest BCUT2D eigenvalue weighted by Gasteiger charge is 2.48. The van der Waals surface area contributed by atoms with Gasteiger partial charge >= 0.3 is 8.56 Å². The summed E-state index contributed by atoms with van der Waals surface area (Å²) in [6.45, 7) is 11.0. The smallest absolute Gasteiger partial charge is 0.344 e. The maximum Gasteiger partial charge on any atom is 0.344 e. The van der Waals surface area contributed by atoms with Gasteiger partial charge in [-0.05, 0) is 40.4 Å². The summed E-state index contributed by atoms with van der Waals surface area (Å²) in [5.74, 6) is 0. The molecule has 2 nitrogen and oxygen atoms in total. The largest absolute Gasteiger partial charge is 0.384 e. The van der Waals surface area contributed by atoms with Gasteiger partial charge in [0.1, 0.15) is 0 Å². The second-order valence-corrected chi connectivity index (χ2v) is 11.9. The molecular formula is C23H30O2Si.